The van der Waals surface area contributed by atoms with Gasteiger partial charge in [0.1, 0.15) is 11.5 Å². The molecule has 0 aliphatic carbocycles. The summed E-state index contributed by atoms with van der Waals surface area (Å²) in [7, 11) is 0. The summed E-state index contributed by atoms with van der Waals surface area (Å²) in [5.41, 5.74) is 8.92. The third-order valence-corrected chi connectivity index (χ3v) is 2.99. The highest BCUT2D eigenvalue weighted by Crippen LogP contribution is 2.25. The molecule has 2 heterocycles. The number of rotatable bonds is 3. The van der Waals surface area contributed by atoms with Gasteiger partial charge in [0.15, 0.2) is 5.82 Å². The van der Waals surface area contributed by atoms with Gasteiger partial charge in [-0.25, -0.2) is 9.97 Å². The van der Waals surface area contributed by atoms with Crippen LogP contribution in [0.4, 0.5) is 5.82 Å². The molecule has 0 bridgehead atoms. The van der Waals surface area contributed by atoms with E-state index in [2.05, 4.69) is 28.9 Å². The number of hydrogen-bond donors (Lipinski definition) is 1. The molecule has 0 unspecified atom stereocenters. The smallest absolute Gasteiger partial charge is 0.180 e. The van der Waals surface area contributed by atoms with Crippen LogP contribution in [-0.4, -0.2) is 19.7 Å². The average Bonchev–Trinajstić information content (AvgIpc) is 2.75. The maximum absolute atomic E-state index is 6.04. The van der Waals surface area contributed by atoms with Crippen LogP contribution in [0.2, 0.25) is 0 Å². The summed E-state index contributed by atoms with van der Waals surface area (Å²) in [6.07, 6.45) is 1.75. The molecular weight excluding hydrogens is 226 g/mol. The number of nitrogen functional groups attached to an aromatic ring is 1. The number of aromatic nitrogens is 4. The van der Waals surface area contributed by atoms with Crippen molar-refractivity contribution in [2.75, 3.05) is 5.73 Å². The van der Waals surface area contributed by atoms with Gasteiger partial charge in [0.2, 0.25) is 0 Å². The van der Waals surface area contributed by atoms with E-state index in [0.717, 1.165) is 23.5 Å². The molecule has 0 amide bonds. The fraction of sp³-hybridized carbons (Fsp3) is 0.462. The van der Waals surface area contributed by atoms with Gasteiger partial charge in [-0.3, -0.25) is 4.68 Å². The Morgan fingerprint density at radius 1 is 1.33 bits per heavy atom. The predicted molar refractivity (Wildman–Crippen MR) is 72.2 cm³/mol. The summed E-state index contributed by atoms with van der Waals surface area (Å²) in [4.78, 5) is 8.97. The van der Waals surface area contributed by atoms with E-state index in [1.807, 2.05) is 24.6 Å². The van der Waals surface area contributed by atoms with E-state index in [9.17, 15) is 0 Å². The van der Waals surface area contributed by atoms with Crippen molar-refractivity contribution in [2.24, 2.45) is 0 Å². The summed E-state index contributed by atoms with van der Waals surface area (Å²) in [6.45, 7) is 8.99. The molecule has 2 aromatic heterocycles. The molecule has 0 aliphatic rings. The van der Waals surface area contributed by atoms with Gasteiger partial charge in [-0.1, -0.05) is 13.8 Å². The highest BCUT2D eigenvalue weighted by molar-refractivity contribution is 5.55. The monoisotopic (exact) mass is 245 g/mol. The van der Waals surface area contributed by atoms with E-state index < -0.39 is 0 Å². The van der Waals surface area contributed by atoms with Crippen LogP contribution in [0.15, 0.2) is 12.3 Å². The molecule has 0 fully saturated rings. The molecule has 5 heteroatoms. The van der Waals surface area contributed by atoms with Crippen LogP contribution in [0, 0.1) is 6.92 Å². The molecule has 5 nitrogen and oxygen atoms in total. The first kappa shape index (κ1) is 12.5. The number of aryl methyl sites for hydroxylation is 2. The van der Waals surface area contributed by atoms with E-state index in [0.29, 0.717) is 17.6 Å². The number of nitrogens with zero attached hydrogens (tertiary/aromatic N) is 4. The number of hydrogen-bond acceptors (Lipinski definition) is 4. The summed E-state index contributed by atoms with van der Waals surface area (Å²) < 4.78 is 1.86. The van der Waals surface area contributed by atoms with Crippen molar-refractivity contribution in [2.45, 2.75) is 40.2 Å². The van der Waals surface area contributed by atoms with Crippen molar-refractivity contribution < 1.29 is 0 Å². The van der Waals surface area contributed by atoms with Gasteiger partial charge in [0, 0.05) is 24.0 Å². The van der Waals surface area contributed by atoms with Crippen LogP contribution in [-0.2, 0) is 6.54 Å². The molecule has 96 valence electrons. The first-order chi connectivity index (χ1) is 8.54. The molecule has 0 saturated heterocycles. The Labute approximate surface area is 107 Å². The number of nitrogens with two attached hydrogens (primary N) is 1. The summed E-state index contributed by atoms with van der Waals surface area (Å²) >= 11 is 0. The first-order valence-corrected chi connectivity index (χ1v) is 6.20. The van der Waals surface area contributed by atoms with Gasteiger partial charge in [-0.2, -0.15) is 5.10 Å². The Kier molecular flexibility index (Phi) is 3.32. The molecule has 0 atom stereocenters. The van der Waals surface area contributed by atoms with Gasteiger partial charge in [0.25, 0.3) is 0 Å². The lowest BCUT2D eigenvalue weighted by molar-refractivity contribution is 0.663. The van der Waals surface area contributed by atoms with Crippen LogP contribution < -0.4 is 5.73 Å². The van der Waals surface area contributed by atoms with Crippen molar-refractivity contribution in [3.8, 4) is 11.5 Å². The minimum absolute atomic E-state index is 0.329. The van der Waals surface area contributed by atoms with Crippen LogP contribution in [0.3, 0.4) is 0 Å². The highest BCUT2D eigenvalue weighted by atomic mass is 15.3. The van der Waals surface area contributed by atoms with Crippen LogP contribution in [0.25, 0.3) is 11.5 Å². The van der Waals surface area contributed by atoms with E-state index in [1.165, 1.54) is 0 Å². The molecule has 18 heavy (non-hydrogen) atoms. The topological polar surface area (TPSA) is 69.6 Å². The molecule has 0 radical (unpaired) electrons. The Hall–Kier alpha value is -1.91. The van der Waals surface area contributed by atoms with Crippen molar-refractivity contribution >= 4 is 5.82 Å². The average molecular weight is 245 g/mol. The van der Waals surface area contributed by atoms with Crippen LogP contribution in [0.5, 0.6) is 0 Å². The second-order valence-electron chi connectivity index (χ2n) is 4.62. The van der Waals surface area contributed by atoms with Gasteiger partial charge in [-0.15, -0.1) is 0 Å². The van der Waals surface area contributed by atoms with E-state index >= 15 is 0 Å². The third-order valence-electron chi connectivity index (χ3n) is 2.99. The Morgan fingerprint density at radius 3 is 2.61 bits per heavy atom. The molecular formula is C13H19N5. The lowest BCUT2D eigenvalue weighted by Crippen LogP contribution is -2.08. The second-order valence-corrected chi connectivity index (χ2v) is 4.62. The number of anilines is 1. The molecule has 0 aliphatic heterocycles. The Balaban J connectivity index is 2.55. The van der Waals surface area contributed by atoms with E-state index in [-0.39, 0.29) is 0 Å². The molecule has 2 rings (SSSR count). The van der Waals surface area contributed by atoms with Crippen molar-refractivity contribution in [1.29, 1.82) is 0 Å². The normalized spacial score (nSPS) is 11.2. The quantitative estimate of drug-likeness (QED) is 0.901. The van der Waals surface area contributed by atoms with Gasteiger partial charge in [0.05, 0.1) is 0 Å². The van der Waals surface area contributed by atoms with E-state index in [1.54, 1.807) is 6.20 Å². The molecule has 2 aromatic rings. The standard InChI is InChI=1S/C13H19N5/c1-5-18-10(6-7-15-18)13-16-9(4)11(8(2)3)12(14)17-13/h6-8H,5H2,1-4H3,(H2,14,16,17). The first-order valence-electron chi connectivity index (χ1n) is 6.20. The maximum Gasteiger partial charge on any atom is 0.180 e. The molecule has 2 N–H and O–H groups in total. The van der Waals surface area contributed by atoms with Gasteiger partial charge in [-0.05, 0) is 25.8 Å². The van der Waals surface area contributed by atoms with E-state index in [4.69, 9.17) is 5.73 Å². The maximum atomic E-state index is 6.04. The highest BCUT2D eigenvalue weighted by Gasteiger charge is 2.15. The lowest BCUT2D eigenvalue weighted by Gasteiger charge is -2.13. The second kappa shape index (κ2) is 4.76. The zero-order valence-electron chi connectivity index (χ0n) is 11.3. The Morgan fingerprint density at radius 2 is 2.06 bits per heavy atom. The summed E-state index contributed by atoms with van der Waals surface area (Å²) in [5, 5.41) is 4.22. The SMILES string of the molecule is CCn1nccc1-c1nc(C)c(C(C)C)c(N)n1. The fourth-order valence-corrected chi connectivity index (χ4v) is 2.21. The van der Waals surface area contributed by atoms with Crippen LogP contribution in [0.1, 0.15) is 37.9 Å². The summed E-state index contributed by atoms with van der Waals surface area (Å²) in [6, 6.07) is 1.91. The van der Waals surface area contributed by atoms with Crippen molar-refractivity contribution in [3.63, 3.8) is 0 Å². The van der Waals surface area contributed by atoms with Gasteiger partial charge < -0.3 is 5.73 Å². The minimum atomic E-state index is 0.329. The minimum Gasteiger partial charge on any atom is -0.383 e. The summed E-state index contributed by atoms with van der Waals surface area (Å²) in [5.74, 6) is 1.54. The Bertz CT molecular complexity index is 533. The molecule has 0 spiro atoms. The molecule has 0 saturated carbocycles. The largest absolute Gasteiger partial charge is 0.383 e. The predicted octanol–water partition coefficient (Wildman–Crippen LogP) is 2.37. The fourth-order valence-electron chi connectivity index (χ4n) is 2.21. The lowest BCUT2D eigenvalue weighted by atomic mass is 10.0. The zero-order valence-corrected chi connectivity index (χ0v) is 11.3. The van der Waals surface area contributed by atoms with Crippen LogP contribution >= 0.6 is 0 Å². The van der Waals surface area contributed by atoms with Crippen molar-refractivity contribution in [3.05, 3.63) is 23.5 Å². The van der Waals surface area contributed by atoms with Crippen molar-refractivity contribution in [1.82, 2.24) is 19.7 Å². The molecule has 0 aromatic carbocycles. The third kappa shape index (κ3) is 2.08. The van der Waals surface area contributed by atoms with Gasteiger partial charge >= 0.3 is 0 Å². The zero-order chi connectivity index (χ0) is 13.3.